The van der Waals surface area contributed by atoms with E-state index in [1.165, 1.54) is 0 Å². The largest absolute Gasteiger partial charge is 0.306 e. The summed E-state index contributed by atoms with van der Waals surface area (Å²) in [7, 11) is 0. The van der Waals surface area contributed by atoms with Gasteiger partial charge in [-0.05, 0) is 12.1 Å². The van der Waals surface area contributed by atoms with E-state index in [9.17, 15) is 4.79 Å². The van der Waals surface area contributed by atoms with E-state index in [2.05, 4.69) is 39.1 Å². The molecule has 0 spiro atoms. The summed E-state index contributed by atoms with van der Waals surface area (Å²) >= 11 is 1.71. The number of aromatic nitrogens is 4. The summed E-state index contributed by atoms with van der Waals surface area (Å²) in [5, 5.41) is 3.29. The third-order valence-corrected chi connectivity index (χ3v) is 5.73. The lowest BCUT2D eigenvalue weighted by atomic mass is 10.1. The van der Waals surface area contributed by atoms with Gasteiger partial charge in [0.25, 0.3) is 5.56 Å². The van der Waals surface area contributed by atoms with E-state index in [0.29, 0.717) is 18.3 Å². The van der Waals surface area contributed by atoms with Gasteiger partial charge in [0.2, 0.25) is 0 Å². The Morgan fingerprint density at radius 1 is 1.35 bits per heavy atom. The van der Waals surface area contributed by atoms with Gasteiger partial charge in [-0.1, -0.05) is 13.8 Å². The molecule has 0 aromatic carbocycles. The number of nitrogens with one attached hydrogen (secondary N) is 1. The highest BCUT2D eigenvalue weighted by Gasteiger charge is 2.22. The van der Waals surface area contributed by atoms with Gasteiger partial charge in [0.05, 0.1) is 22.0 Å². The van der Waals surface area contributed by atoms with E-state index in [1.807, 2.05) is 12.1 Å². The molecule has 0 saturated heterocycles. The quantitative estimate of drug-likeness (QED) is 0.767. The van der Waals surface area contributed by atoms with Crippen LogP contribution in [0.5, 0.6) is 0 Å². The van der Waals surface area contributed by atoms with Crippen molar-refractivity contribution in [3.05, 3.63) is 62.2 Å². The number of thiazole rings is 1. The number of pyridine rings is 1. The third kappa shape index (κ3) is 3.45. The maximum Gasteiger partial charge on any atom is 0.255 e. The summed E-state index contributed by atoms with van der Waals surface area (Å²) in [6.07, 6.45) is 4.20. The summed E-state index contributed by atoms with van der Waals surface area (Å²) in [6.45, 7) is 6.58. The van der Waals surface area contributed by atoms with Gasteiger partial charge in [-0.2, -0.15) is 0 Å². The summed E-state index contributed by atoms with van der Waals surface area (Å²) in [6, 6.07) is 3.75. The van der Waals surface area contributed by atoms with Gasteiger partial charge in [-0.15, -0.1) is 11.3 Å². The number of H-pyrrole nitrogens is 1. The Morgan fingerprint density at radius 2 is 2.23 bits per heavy atom. The Hall–Kier alpha value is -2.38. The molecule has 0 saturated carbocycles. The standard InChI is InChI=1S/C19H21N5OS/c1-12(2)19-21-14(11-26-19)9-24-7-5-16-15(10-24)18(25)23-17(22-16)13-4-3-6-20-8-13/h3-4,6,8,11-12H,5,7,9-10H2,1-2H3,(H,22,23,25). The summed E-state index contributed by atoms with van der Waals surface area (Å²) < 4.78 is 0. The molecule has 0 bridgehead atoms. The second-order valence-electron chi connectivity index (χ2n) is 6.87. The van der Waals surface area contributed by atoms with E-state index in [4.69, 9.17) is 4.98 Å². The number of hydrogen-bond acceptors (Lipinski definition) is 6. The number of hydrogen-bond donors (Lipinski definition) is 1. The first-order chi connectivity index (χ1) is 12.6. The van der Waals surface area contributed by atoms with Crippen molar-refractivity contribution in [3.63, 3.8) is 0 Å². The minimum atomic E-state index is -0.0558. The van der Waals surface area contributed by atoms with E-state index in [0.717, 1.165) is 47.0 Å². The SMILES string of the molecule is CC(C)c1nc(CN2CCc3nc(-c4cccnc4)[nH]c(=O)c3C2)cs1. The predicted molar refractivity (Wildman–Crippen MR) is 102 cm³/mol. The summed E-state index contributed by atoms with van der Waals surface area (Å²) in [4.78, 5) is 31.2. The van der Waals surface area contributed by atoms with E-state index in [-0.39, 0.29) is 5.56 Å². The lowest BCUT2D eigenvalue weighted by Gasteiger charge is -2.27. The second-order valence-corrected chi connectivity index (χ2v) is 7.76. The fourth-order valence-corrected chi connectivity index (χ4v) is 3.97. The van der Waals surface area contributed by atoms with E-state index in [1.54, 1.807) is 23.7 Å². The molecule has 134 valence electrons. The molecular weight excluding hydrogens is 346 g/mol. The molecule has 0 amide bonds. The van der Waals surface area contributed by atoms with Crippen molar-refractivity contribution in [1.29, 1.82) is 0 Å². The average molecular weight is 367 g/mol. The van der Waals surface area contributed by atoms with Crippen molar-refractivity contribution in [2.24, 2.45) is 0 Å². The lowest BCUT2D eigenvalue weighted by molar-refractivity contribution is 0.239. The van der Waals surface area contributed by atoms with Crippen molar-refractivity contribution < 1.29 is 0 Å². The molecule has 7 heteroatoms. The lowest BCUT2D eigenvalue weighted by Crippen LogP contribution is -2.35. The maximum atomic E-state index is 12.6. The number of aromatic amines is 1. The predicted octanol–water partition coefficient (Wildman–Crippen LogP) is 2.97. The fourth-order valence-electron chi connectivity index (χ4n) is 3.15. The van der Waals surface area contributed by atoms with Crippen molar-refractivity contribution >= 4 is 11.3 Å². The highest BCUT2D eigenvalue weighted by atomic mass is 32.1. The van der Waals surface area contributed by atoms with Crippen LogP contribution in [0.25, 0.3) is 11.4 Å². The zero-order valence-electron chi connectivity index (χ0n) is 14.9. The molecule has 1 aliphatic rings. The smallest absolute Gasteiger partial charge is 0.255 e. The molecule has 1 aliphatic heterocycles. The van der Waals surface area contributed by atoms with Gasteiger partial charge in [0.15, 0.2) is 0 Å². The molecule has 4 rings (SSSR count). The second kappa shape index (κ2) is 7.09. The van der Waals surface area contributed by atoms with Crippen LogP contribution in [0.15, 0.2) is 34.7 Å². The molecule has 0 aliphatic carbocycles. The number of nitrogens with zero attached hydrogens (tertiary/aromatic N) is 4. The molecule has 0 radical (unpaired) electrons. The molecule has 0 fully saturated rings. The van der Waals surface area contributed by atoms with Crippen molar-refractivity contribution in [3.8, 4) is 11.4 Å². The Labute approximate surface area is 156 Å². The van der Waals surface area contributed by atoms with E-state index >= 15 is 0 Å². The van der Waals surface area contributed by atoms with Crippen LogP contribution in [0.4, 0.5) is 0 Å². The molecular formula is C19H21N5OS. The first kappa shape index (κ1) is 17.1. The first-order valence-electron chi connectivity index (χ1n) is 8.79. The van der Waals surface area contributed by atoms with Gasteiger partial charge < -0.3 is 4.98 Å². The molecule has 4 heterocycles. The molecule has 3 aromatic rings. The van der Waals surface area contributed by atoms with Crippen molar-refractivity contribution in [2.75, 3.05) is 6.54 Å². The van der Waals surface area contributed by atoms with Gasteiger partial charge in [-0.3, -0.25) is 14.7 Å². The molecule has 3 aromatic heterocycles. The van der Waals surface area contributed by atoms with Crippen LogP contribution in [-0.2, 0) is 19.5 Å². The van der Waals surface area contributed by atoms with Crippen LogP contribution in [-0.4, -0.2) is 31.4 Å². The summed E-state index contributed by atoms with van der Waals surface area (Å²) in [5.74, 6) is 1.05. The Morgan fingerprint density at radius 3 is 2.96 bits per heavy atom. The third-order valence-electron chi connectivity index (χ3n) is 4.53. The van der Waals surface area contributed by atoms with E-state index < -0.39 is 0 Å². The number of rotatable bonds is 4. The van der Waals surface area contributed by atoms with Gasteiger partial charge >= 0.3 is 0 Å². The molecule has 26 heavy (non-hydrogen) atoms. The minimum absolute atomic E-state index is 0.0558. The molecule has 1 N–H and O–H groups in total. The van der Waals surface area contributed by atoms with Crippen molar-refractivity contribution in [2.45, 2.75) is 39.3 Å². The fraction of sp³-hybridized carbons (Fsp3) is 0.368. The maximum absolute atomic E-state index is 12.6. The van der Waals surface area contributed by atoms with Crippen LogP contribution in [0.1, 0.15) is 41.7 Å². The normalized spacial score (nSPS) is 14.6. The Kier molecular flexibility index (Phi) is 4.65. The first-order valence-corrected chi connectivity index (χ1v) is 9.67. The topological polar surface area (TPSA) is 74.8 Å². The van der Waals surface area contributed by atoms with Crippen LogP contribution in [0.2, 0.25) is 0 Å². The van der Waals surface area contributed by atoms with Crippen LogP contribution >= 0.6 is 11.3 Å². The summed E-state index contributed by atoms with van der Waals surface area (Å²) in [5.41, 5.74) is 3.52. The molecule has 6 nitrogen and oxygen atoms in total. The van der Waals surface area contributed by atoms with Crippen LogP contribution in [0.3, 0.4) is 0 Å². The van der Waals surface area contributed by atoms with Crippen LogP contribution < -0.4 is 5.56 Å². The van der Waals surface area contributed by atoms with Crippen LogP contribution in [0, 0.1) is 0 Å². The Balaban J connectivity index is 1.54. The van der Waals surface area contributed by atoms with Gasteiger partial charge in [-0.25, -0.2) is 9.97 Å². The molecule has 0 unspecified atom stereocenters. The van der Waals surface area contributed by atoms with Gasteiger partial charge in [0, 0.05) is 55.3 Å². The average Bonchev–Trinajstić information content (AvgIpc) is 3.12. The monoisotopic (exact) mass is 367 g/mol. The Bertz CT molecular complexity index is 964. The van der Waals surface area contributed by atoms with Crippen molar-refractivity contribution in [1.82, 2.24) is 24.8 Å². The number of fused-ring (bicyclic) bond motifs is 1. The highest BCUT2D eigenvalue weighted by Crippen LogP contribution is 2.22. The van der Waals surface area contributed by atoms with Gasteiger partial charge in [0.1, 0.15) is 5.82 Å². The minimum Gasteiger partial charge on any atom is -0.306 e. The zero-order chi connectivity index (χ0) is 18.1. The zero-order valence-corrected chi connectivity index (χ0v) is 15.7. The molecule has 0 atom stereocenters. The highest BCUT2D eigenvalue weighted by molar-refractivity contribution is 7.09.